The Kier molecular flexibility index (Phi) is 6.29. The Labute approximate surface area is 170 Å². The van der Waals surface area contributed by atoms with Crippen LogP contribution in [-0.4, -0.2) is 11.0 Å². The highest BCUT2D eigenvalue weighted by Crippen LogP contribution is 2.22. The third kappa shape index (κ3) is 5.24. The smallest absolute Gasteiger partial charge is 0.267 e. The highest BCUT2D eigenvalue weighted by molar-refractivity contribution is 6.07. The number of nitriles is 1. The van der Waals surface area contributed by atoms with Crippen molar-refractivity contribution in [2.24, 2.45) is 0 Å². The third-order valence-electron chi connectivity index (χ3n) is 4.39. The van der Waals surface area contributed by atoms with E-state index < -0.39 is 5.91 Å². The van der Waals surface area contributed by atoms with E-state index in [1.807, 2.05) is 71.6 Å². The number of anilines is 2. The molecule has 29 heavy (non-hydrogen) atoms. The van der Waals surface area contributed by atoms with Crippen molar-refractivity contribution in [2.75, 3.05) is 10.2 Å². The maximum Gasteiger partial charge on any atom is 0.267 e. The molecule has 0 aliphatic carbocycles. The number of phenolic OH excluding ortho intramolecular Hbond substituents is 1. The van der Waals surface area contributed by atoms with Gasteiger partial charge < -0.3 is 15.3 Å². The molecule has 0 spiro atoms. The van der Waals surface area contributed by atoms with Crippen molar-refractivity contribution in [3.8, 4) is 11.8 Å². The summed E-state index contributed by atoms with van der Waals surface area (Å²) in [4.78, 5) is 14.6. The van der Waals surface area contributed by atoms with Gasteiger partial charge in [-0.2, -0.15) is 5.26 Å². The summed E-state index contributed by atoms with van der Waals surface area (Å²) in [5, 5.41) is 21.9. The normalized spacial score (nSPS) is 10.8. The summed E-state index contributed by atoms with van der Waals surface area (Å²) in [6.45, 7) is 2.29. The lowest BCUT2D eigenvalue weighted by atomic mass is 10.1. The second kappa shape index (κ2) is 9.25. The number of hydrogen-bond acceptors (Lipinski definition) is 4. The fraction of sp³-hybridized carbons (Fsp3) is 0.0833. The molecule has 0 unspecified atom stereocenters. The quantitative estimate of drug-likeness (QED) is 0.366. The van der Waals surface area contributed by atoms with Crippen molar-refractivity contribution >= 4 is 17.3 Å². The van der Waals surface area contributed by atoms with Crippen LogP contribution in [0.5, 0.6) is 5.75 Å². The van der Waals surface area contributed by atoms with E-state index in [2.05, 4.69) is 5.32 Å². The molecule has 0 aliphatic heterocycles. The van der Waals surface area contributed by atoms with E-state index in [0.717, 1.165) is 11.3 Å². The molecule has 5 nitrogen and oxygen atoms in total. The zero-order valence-corrected chi connectivity index (χ0v) is 16.0. The Bertz CT molecular complexity index is 1050. The molecule has 2 N–H and O–H groups in total. The van der Waals surface area contributed by atoms with Gasteiger partial charge in [-0.05, 0) is 48.4 Å². The van der Waals surface area contributed by atoms with Crippen molar-refractivity contribution in [1.29, 1.82) is 5.26 Å². The van der Waals surface area contributed by atoms with Crippen LogP contribution in [0, 0.1) is 18.3 Å². The fourth-order valence-electron chi connectivity index (χ4n) is 2.88. The molecule has 0 heterocycles. The molecule has 3 aromatic carbocycles. The van der Waals surface area contributed by atoms with E-state index in [1.165, 1.54) is 6.07 Å². The van der Waals surface area contributed by atoms with Crippen LogP contribution in [0.1, 0.15) is 11.1 Å². The van der Waals surface area contributed by atoms with E-state index in [-0.39, 0.29) is 11.3 Å². The van der Waals surface area contributed by atoms with Gasteiger partial charge in [0.1, 0.15) is 17.4 Å². The highest BCUT2D eigenvalue weighted by atomic mass is 16.3. The highest BCUT2D eigenvalue weighted by Gasteiger charge is 2.14. The van der Waals surface area contributed by atoms with Gasteiger partial charge in [0.2, 0.25) is 0 Å². The number of rotatable bonds is 6. The summed E-state index contributed by atoms with van der Waals surface area (Å²) in [6.07, 6.45) is 1.56. The van der Waals surface area contributed by atoms with Crippen molar-refractivity contribution < 1.29 is 9.90 Å². The zero-order valence-electron chi connectivity index (χ0n) is 16.0. The summed E-state index contributed by atoms with van der Waals surface area (Å²) < 4.78 is 0. The van der Waals surface area contributed by atoms with Gasteiger partial charge in [0.05, 0.1) is 0 Å². The first-order valence-electron chi connectivity index (χ1n) is 9.15. The van der Waals surface area contributed by atoms with Gasteiger partial charge in [-0.1, -0.05) is 48.5 Å². The average molecular weight is 383 g/mol. The number of aromatic hydroxyl groups is 1. The number of carbonyl (C=O) groups excluding carboxylic acids is 1. The molecule has 1 amide bonds. The number of aryl methyl sites for hydroxylation is 1. The topological polar surface area (TPSA) is 76.4 Å². The van der Waals surface area contributed by atoms with Gasteiger partial charge in [-0.3, -0.25) is 4.79 Å². The number of hydrogen-bond donors (Lipinski definition) is 2. The number of para-hydroxylation sites is 1. The van der Waals surface area contributed by atoms with E-state index in [1.54, 1.807) is 25.3 Å². The summed E-state index contributed by atoms with van der Waals surface area (Å²) in [5.41, 5.74) is 3.16. The molecule has 0 radical (unpaired) electrons. The molecular formula is C24H21N3O2. The van der Waals surface area contributed by atoms with Gasteiger partial charge >= 0.3 is 0 Å². The molecule has 0 aliphatic rings. The predicted octanol–water partition coefficient (Wildman–Crippen LogP) is 4.75. The minimum Gasteiger partial charge on any atom is -0.508 e. The van der Waals surface area contributed by atoms with E-state index >= 15 is 0 Å². The molecule has 0 saturated heterocycles. The maximum atomic E-state index is 12.7. The number of amides is 1. The lowest BCUT2D eigenvalue weighted by Gasteiger charge is -2.21. The Hall–Kier alpha value is -4.04. The number of phenols is 1. The molecule has 0 fully saturated rings. The van der Waals surface area contributed by atoms with Crippen LogP contribution in [0.2, 0.25) is 0 Å². The van der Waals surface area contributed by atoms with E-state index in [0.29, 0.717) is 17.8 Å². The molecular weight excluding hydrogens is 362 g/mol. The van der Waals surface area contributed by atoms with Crippen molar-refractivity contribution in [2.45, 2.75) is 13.5 Å². The molecule has 0 saturated carbocycles. The Morgan fingerprint density at radius 2 is 1.72 bits per heavy atom. The van der Waals surface area contributed by atoms with Crippen LogP contribution < -0.4 is 10.2 Å². The SMILES string of the molecule is Cc1cc(O)ccc1NC(=O)/C(C#N)=C\N(Cc1ccccc1)c1ccccc1. The lowest BCUT2D eigenvalue weighted by molar-refractivity contribution is -0.112. The average Bonchev–Trinajstić information content (AvgIpc) is 2.74. The number of carbonyl (C=O) groups is 1. The van der Waals surface area contributed by atoms with Gasteiger partial charge in [0.15, 0.2) is 0 Å². The molecule has 0 atom stereocenters. The van der Waals surface area contributed by atoms with Crippen LogP contribution in [0.4, 0.5) is 11.4 Å². The van der Waals surface area contributed by atoms with Gasteiger partial charge in [-0.15, -0.1) is 0 Å². The van der Waals surface area contributed by atoms with Gasteiger partial charge in [0, 0.05) is 24.1 Å². The first kappa shape index (κ1) is 19.7. The van der Waals surface area contributed by atoms with Crippen LogP contribution in [0.15, 0.2) is 90.6 Å². The standard InChI is InChI=1S/C24H21N3O2/c1-18-14-22(28)12-13-23(18)26-24(29)20(15-25)17-27(21-10-6-3-7-11-21)16-19-8-4-2-5-9-19/h2-14,17,28H,16H2,1H3,(H,26,29)/b20-17-. The Balaban J connectivity index is 1.89. The first-order valence-corrected chi connectivity index (χ1v) is 9.15. The van der Waals surface area contributed by atoms with Crippen LogP contribution in [0.25, 0.3) is 0 Å². The molecule has 3 rings (SSSR count). The second-order valence-corrected chi connectivity index (χ2v) is 6.56. The summed E-state index contributed by atoms with van der Waals surface area (Å²) in [7, 11) is 0. The Morgan fingerprint density at radius 3 is 2.34 bits per heavy atom. The van der Waals surface area contributed by atoms with Gasteiger partial charge in [-0.25, -0.2) is 0 Å². The maximum absolute atomic E-state index is 12.7. The largest absolute Gasteiger partial charge is 0.508 e. The summed E-state index contributed by atoms with van der Waals surface area (Å²) in [6, 6.07) is 26.1. The van der Waals surface area contributed by atoms with Crippen LogP contribution in [-0.2, 0) is 11.3 Å². The van der Waals surface area contributed by atoms with Gasteiger partial charge in [0.25, 0.3) is 5.91 Å². The van der Waals surface area contributed by atoms with E-state index in [4.69, 9.17) is 0 Å². The molecule has 144 valence electrons. The second-order valence-electron chi connectivity index (χ2n) is 6.56. The molecule has 0 bridgehead atoms. The minimum absolute atomic E-state index is 0.0164. The van der Waals surface area contributed by atoms with Crippen LogP contribution in [0.3, 0.4) is 0 Å². The minimum atomic E-state index is -0.504. The monoisotopic (exact) mass is 383 g/mol. The number of nitrogens with one attached hydrogen (secondary N) is 1. The van der Waals surface area contributed by atoms with Crippen LogP contribution >= 0.6 is 0 Å². The third-order valence-corrected chi connectivity index (χ3v) is 4.39. The van der Waals surface area contributed by atoms with Crippen molar-refractivity contribution in [1.82, 2.24) is 0 Å². The first-order chi connectivity index (χ1) is 14.1. The Morgan fingerprint density at radius 1 is 1.07 bits per heavy atom. The van der Waals surface area contributed by atoms with Crippen molar-refractivity contribution in [3.05, 3.63) is 102 Å². The molecule has 0 aromatic heterocycles. The lowest BCUT2D eigenvalue weighted by Crippen LogP contribution is -2.21. The molecule has 3 aromatic rings. The predicted molar refractivity (Wildman–Crippen MR) is 114 cm³/mol. The fourth-order valence-corrected chi connectivity index (χ4v) is 2.88. The number of nitrogens with zero attached hydrogens (tertiary/aromatic N) is 2. The molecule has 5 heteroatoms. The summed E-state index contributed by atoms with van der Waals surface area (Å²) in [5.74, 6) is -0.384. The zero-order chi connectivity index (χ0) is 20.6. The summed E-state index contributed by atoms with van der Waals surface area (Å²) >= 11 is 0. The van der Waals surface area contributed by atoms with Crippen molar-refractivity contribution in [3.63, 3.8) is 0 Å². The number of benzene rings is 3. The van der Waals surface area contributed by atoms with E-state index in [9.17, 15) is 15.2 Å².